The van der Waals surface area contributed by atoms with Crippen molar-refractivity contribution in [2.45, 2.75) is 215 Å². The number of aliphatic hydroxyl groups is 14. The maximum Gasteiger partial charge on any atom is 0.187 e. The number of benzene rings is 1. The lowest BCUT2D eigenvalue weighted by Gasteiger charge is -2.50. The fourth-order valence-electron chi connectivity index (χ4n) is 12.0. The zero-order chi connectivity index (χ0) is 66.8. The summed E-state index contributed by atoms with van der Waals surface area (Å²) in [4.78, 5) is 10.0. The Morgan fingerprint density at radius 2 is 0.413 bits per heavy atom. The highest BCUT2D eigenvalue weighted by molar-refractivity contribution is 5.74. The Kier molecular flexibility index (Phi) is 28.5. The number of hydrogen-bond acceptors (Lipinski definition) is 36. The van der Waals surface area contributed by atoms with Crippen molar-refractivity contribution in [1.29, 1.82) is 0 Å². The molecule has 0 radical (unpaired) electrons. The van der Waals surface area contributed by atoms with Crippen molar-refractivity contribution in [1.82, 2.24) is 0 Å². The fraction of sp³-hybridized carbons (Fsp3) is 0.875. The van der Waals surface area contributed by atoms with Crippen molar-refractivity contribution >= 4 is 6.29 Å². The predicted molar refractivity (Wildman–Crippen MR) is 294 cm³/mol. The molecule has 92 heavy (non-hydrogen) atoms. The second-order valence-electron chi connectivity index (χ2n) is 23.1. The second-order valence-corrected chi connectivity index (χ2v) is 23.1. The third-order valence-corrected chi connectivity index (χ3v) is 16.8. The first-order chi connectivity index (χ1) is 44.1. The van der Waals surface area contributed by atoms with Crippen LogP contribution in [0.5, 0.6) is 0 Å². The maximum atomic E-state index is 11.7. The van der Waals surface area contributed by atoms with Gasteiger partial charge in [-0.05, 0) is 0 Å². The van der Waals surface area contributed by atoms with E-state index in [0.29, 0.717) is 0 Å². The highest BCUT2D eigenvalue weighted by atomic mass is 16.8. The van der Waals surface area contributed by atoms with Crippen LogP contribution in [0.25, 0.3) is 0 Å². The number of carbonyl (C=O) groups is 1. The molecular formula is C56H90O36. The van der Waals surface area contributed by atoms with Crippen molar-refractivity contribution in [2.75, 3.05) is 96.0 Å². The molecule has 14 N–H and O–H groups in total. The maximum absolute atomic E-state index is 11.7. The summed E-state index contributed by atoms with van der Waals surface area (Å²) in [5, 5.41) is 163. The minimum absolute atomic E-state index is 0.393. The van der Waals surface area contributed by atoms with Crippen LogP contribution in [0, 0.1) is 0 Å². The van der Waals surface area contributed by atoms with Crippen molar-refractivity contribution in [3.63, 3.8) is 0 Å². The number of hydrogen-bond donors (Lipinski definition) is 14. The van der Waals surface area contributed by atoms with E-state index in [1.54, 1.807) is 12.1 Å². The summed E-state index contributed by atoms with van der Waals surface area (Å²) in [6.45, 7) is -2.75. The van der Waals surface area contributed by atoms with Gasteiger partial charge in [-0.25, -0.2) is 0 Å². The molecule has 35 atom stereocenters. The first-order valence-corrected chi connectivity index (χ1v) is 29.7. The summed E-state index contributed by atoms with van der Waals surface area (Å²) in [5.41, 5.74) is 0.729. The summed E-state index contributed by atoms with van der Waals surface area (Å²) >= 11 is 0. The molecule has 0 spiro atoms. The van der Waals surface area contributed by atoms with Crippen LogP contribution in [0.15, 0.2) is 30.3 Å². The molecule has 0 unspecified atom stereocenters. The predicted octanol–water partition coefficient (Wildman–Crippen LogP) is -9.15. The minimum Gasteiger partial charge on any atom is -0.387 e. The molecule has 0 aliphatic carbocycles. The highest BCUT2D eigenvalue weighted by Crippen LogP contribution is 2.39. The van der Waals surface area contributed by atoms with E-state index in [0.717, 1.165) is 11.8 Å². The van der Waals surface area contributed by atoms with Crippen LogP contribution in [0.1, 0.15) is 10.4 Å². The summed E-state index contributed by atoms with van der Waals surface area (Å²) in [7, 11) is 8.84. The van der Waals surface area contributed by atoms with Gasteiger partial charge in [-0.2, -0.15) is 0 Å². The number of methoxy groups -OCH3 is 7. The van der Waals surface area contributed by atoms with E-state index in [4.69, 9.17) is 99.5 Å². The monoisotopic (exact) mass is 1340 g/mol. The molecule has 14 bridgehead atoms. The van der Waals surface area contributed by atoms with Gasteiger partial charge in [0.25, 0.3) is 0 Å². The zero-order valence-corrected chi connectivity index (χ0v) is 51.4. The molecular weight excluding hydrogens is 1250 g/mol. The van der Waals surface area contributed by atoms with E-state index in [2.05, 4.69) is 0 Å². The quantitative estimate of drug-likeness (QED) is 0.0725. The molecule has 1 aromatic rings. The van der Waals surface area contributed by atoms with Gasteiger partial charge < -0.3 is 171 Å². The van der Waals surface area contributed by atoms with E-state index in [9.17, 15) is 76.3 Å². The van der Waals surface area contributed by atoms with Crippen LogP contribution in [0.4, 0.5) is 0 Å². The van der Waals surface area contributed by atoms with E-state index < -0.39 is 261 Å². The highest BCUT2D eigenvalue weighted by Gasteiger charge is 2.60. The van der Waals surface area contributed by atoms with E-state index in [1.165, 1.54) is 49.8 Å². The molecule has 21 heterocycles. The Bertz CT molecular complexity index is 1940. The Morgan fingerprint density at radius 3 is 0.533 bits per heavy atom. The number of rotatable bonds is 15. The van der Waals surface area contributed by atoms with Gasteiger partial charge in [-0.1, -0.05) is 30.3 Å². The van der Waals surface area contributed by atoms with Crippen LogP contribution in [0.3, 0.4) is 0 Å². The van der Waals surface area contributed by atoms with E-state index >= 15 is 0 Å². The molecule has 36 heteroatoms. The molecule has 21 aliphatic heterocycles. The number of carbonyl (C=O) groups excluding carboxylic acids is 1. The number of ether oxygens (including phenoxy) is 21. The van der Waals surface area contributed by atoms with E-state index in [-0.39, 0.29) is 0 Å². The SMILES string of the molecule is COC[C@@H]1O[C@@H]2O[C@@H]3[C@@H](O)[C@H](O)[C@@H](O[C@@H]4[C@@H](O)[C@H](O)[C@@H](O[C@@H]5[C@@H](O)[C@H](O)[C@@H](O[C@@H]6[C@H](O)[C@H](O)[C@H](O[C@@H]7[C@H](O)[C@H](O)[C@H](O[C@@H]8[C@H](O)[C@H](O)[C@H](O[C@@H]1[C@@H](O)[C@@H]2O)O[C@@H]8COC)O[C@@H]7COC)O[C@@H]6COC)O[C@@H]5COC)O[C@@H]4COC)O[C@@H]3COC.O=Cc1ccccc1. The van der Waals surface area contributed by atoms with Gasteiger partial charge in [0.15, 0.2) is 44.0 Å². The van der Waals surface area contributed by atoms with Crippen molar-refractivity contribution in [3.8, 4) is 0 Å². The van der Waals surface area contributed by atoms with Crippen molar-refractivity contribution in [3.05, 3.63) is 35.9 Å². The van der Waals surface area contributed by atoms with Gasteiger partial charge in [0.05, 0.1) is 46.2 Å². The molecule has 21 saturated heterocycles. The summed E-state index contributed by atoms with van der Waals surface area (Å²) < 4.78 is 122. The van der Waals surface area contributed by atoms with Gasteiger partial charge in [-0.15, -0.1) is 0 Å². The third kappa shape index (κ3) is 17.0. The number of aliphatic hydroxyl groups excluding tert-OH is 14. The summed E-state index contributed by atoms with van der Waals surface area (Å²) in [6, 6.07) is 9.10. The lowest BCUT2D eigenvalue weighted by atomic mass is 9.95. The largest absolute Gasteiger partial charge is 0.387 e. The first-order valence-electron chi connectivity index (χ1n) is 29.7. The Balaban J connectivity index is 0.00000126. The lowest BCUT2D eigenvalue weighted by Crippen LogP contribution is -2.68. The molecule has 0 aromatic heterocycles. The second kappa shape index (κ2) is 34.8. The molecule has 21 fully saturated rings. The average Bonchev–Trinajstić information content (AvgIpc) is 0.792. The van der Waals surface area contributed by atoms with Gasteiger partial charge >= 0.3 is 0 Å². The molecule has 0 amide bonds. The van der Waals surface area contributed by atoms with Gasteiger partial charge in [0.1, 0.15) is 177 Å². The van der Waals surface area contributed by atoms with Gasteiger partial charge in [-0.3, -0.25) is 4.79 Å². The van der Waals surface area contributed by atoms with Crippen molar-refractivity contribution < 1.29 is 176 Å². The fourth-order valence-corrected chi connectivity index (χ4v) is 12.0. The Hall–Kier alpha value is -2.51. The summed E-state index contributed by atoms with van der Waals surface area (Å²) in [5.74, 6) is 0. The van der Waals surface area contributed by atoms with Gasteiger partial charge in [0, 0.05) is 55.3 Å². The molecule has 36 nitrogen and oxygen atoms in total. The van der Waals surface area contributed by atoms with Crippen molar-refractivity contribution in [2.24, 2.45) is 0 Å². The lowest BCUT2D eigenvalue weighted by molar-refractivity contribution is -0.397. The van der Waals surface area contributed by atoms with Crippen LogP contribution >= 0.6 is 0 Å². The standard InChI is InChI=1S/C49H84O35.C7H6O/c1-64-8-15-36-22(50)29(57)43(71-15)79-37-16(9-65-2)73-45(31(59)24(37)52)81-39-18(11-67-4)75-47(33(61)26(39)54)83-41-20(13-69-6)77-49(35(63)28(41)56)84-42-21(14-70-7)76-48(34(62)27(42)55)82-40-19(12-68-5)74-46(32(60)25(40)53)80-38-17(10-66-3)72-44(78-36)30(58)23(38)51;8-6-7-4-2-1-3-5-7/h15-63H,8-14H2,1-7H3;1-6H/t15-,16-,17-,18-,19-,20-,21+,22+,23+,24-,25+,26-,27+,28-,29+,30+,31+,32+,33+,34+,35+,36+,37+,38+,39+,40+,41+,42+,43-,44-,45+,46-,47+,48-,49+;/m1./s1. The van der Waals surface area contributed by atoms with Crippen LogP contribution in [0.2, 0.25) is 0 Å². The van der Waals surface area contributed by atoms with Crippen LogP contribution < -0.4 is 0 Å². The normalized spacial score (nSPS) is 48.0. The molecule has 530 valence electrons. The van der Waals surface area contributed by atoms with Crippen LogP contribution in [-0.2, 0) is 99.5 Å². The molecule has 22 rings (SSSR count). The van der Waals surface area contributed by atoms with Crippen LogP contribution in [-0.4, -0.2) is 389 Å². The minimum atomic E-state index is -2.05. The number of aldehydes is 1. The molecule has 0 saturated carbocycles. The first kappa shape index (κ1) is 75.3. The third-order valence-electron chi connectivity index (χ3n) is 16.8. The van der Waals surface area contributed by atoms with Gasteiger partial charge in [0.2, 0.25) is 0 Å². The Labute approximate surface area is 527 Å². The smallest absolute Gasteiger partial charge is 0.187 e. The van der Waals surface area contributed by atoms with E-state index in [1.807, 2.05) is 18.2 Å². The molecule has 1 aromatic carbocycles. The zero-order valence-electron chi connectivity index (χ0n) is 51.4. The Morgan fingerprint density at radius 1 is 0.261 bits per heavy atom. The average molecular weight is 1340 g/mol. The molecule has 21 aliphatic rings. The summed E-state index contributed by atoms with van der Waals surface area (Å²) in [6.07, 6.45) is -61.8. The topological polar surface area (TPSA) is 494 Å².